The molecule has 0 aromatic carbocycles. The quantitative estimate of drug-likeness (QED) is 0.447. The van der Waals surface area contributed by atoms with Crippen LogP contribution in [0.2, 0.25) is 0 Å². The number of carbonyl (C=O) groups is 2. The van der Waals surface area contributed by atoms with Crippen molar-refractivity contribution in [2.45, 2.75) is 117 Å². The molecule has 4 saturated carbocycles. The maximum atomic E-state index is 12.7. The lowest BCUT2D eigenvalue weighted by atomic mass is 9.44. The van der Waals surface area contributed by atoms with Crippen LogP contribution in [0, 0.1) is 52.3 Å². The lowest BCUT2D eigenvalue weighted by Crippen LogP contribution is -2.54. The topological polar surface area (TPSA) is 75.6 Å². The van der Waals surface area contributed by atoms with Gasteiger partial charge in [0.05, 0.1) is 13.2 Å². The van der Waals surface area contributed by atoms with Gasteiger partial charge in [0, 0.05) is 6.42 Å². The molecule has 0 aromatic heterocycles. The van der Waals surface area contributed by atoms with Crippen molar-refractivity contribution in [3.05, 3.63) is 0 Å². The van der Waals surface area contributed by atoms with E-state index in [-0.39, 0.29) is 23.9 Å². The third-order valence-corrected chi connectivity index (χ3v) is 11.7. The number of fused-ring (bicyclic) bond motifs is 5. The van der Waals surface area contributed by atoms with Gasteiger partial charge >= 0.3 is 5.97 Å². The van der Waals surface area contributed by atoms with E-state index in [1.54, 1.807) is 0 Å². The average molecular weight is 490 g/mol. The minimum Gasteiger partial charge on any atom is -0.467 e. The third-order valence-electron chi connectivity index (χ3n) is 11.7. The van der Waals surface area contributed by atoms with Crippen LogP contribution in [0.15, 0.2) is 0 Å². The van der Waals surface area contributed by atoms with Crippen LogP contribution in [0.4, 0.5) is 0 Å². The van der Waals surface area contributed by atoms with Gasteiger partial charge in [0.25, 0.3) is 0 Å². The summed E-state index contributed by atoms with van der Waals surface area (Å²) in [6.45, 7) is 11.4. The number of rotatable bonds is 7. The highest BCUT2D eigenvalue weighted by atomic mass is 16.5. The van der Waals surface area contributed by atoms with Crippen LogP contribution >= 0.6 is 0 Å². The normalized spacial score (nSPS) is 42.4. The molecule has 200 valence electrons. The molecule has 4 aliphatic rings. The van der Waals surface area contributed by atoms with Crippen molar-refractivity contribution in [1.82, 2.24) is 5.32 Å². The van der Waals surface area contributed by atoms with E-state index in [0.717, 1.165) is 37.0 Å². The zero-order chi connectivity index (χ0) is 25.5. The fourth-order valence-electron chi connectivity index (χ4n) is 9.64. The number of ether oxygens (including phenoxy) is 1. The van der Waals surface area contributed by atoms with Crippen LogP contribution < -0.4 is 5.32 Å². The maximum absolute atomic E-state index is 12.7. The number of carbonyl (C=O) groups excluding carboxylic acids is 2. The van der Waals surface area contributed by atoms with E-state index >= 15 is 0 Å². The monoisotopic (exact) mass is 489 g/mol. The number of nitrogens with one attached hydrogen (secondary N) is 1. The van der Waals surface area contributed by atoms with Crippen LogP contribution in [0.1, 0.15) is 105 Å². The molecule has 0 unspecified atom stereocenters. The minimum absolute atomic E-state index is 0.0119. The molecule has 0 aliphatic heterocycles. The molecule has 2 N–H and O–H groups in total. The second kappa shape index (κ2) is 10.3. The predicted octanol–water partition coefficient (Wildman–Crippen LogP) is 5.74. The first kappa shape index (κ1) is 26.9. The van der Waals surface area contributed by atoms with Crippen LogP contribution in [-0.2, 0) is 14.3 Å². The zero-order valence-corrected chi connectivity index (χ0v) is 23.1. The number of aliphatic hydroxyl groups is 1. The van der Waals surface area contributed by atoms with Gasteiger partial charge in [-0.05, 0) is 116 Å². The summed E-state index contributed by atoms with van der Waals surface area (Å²) in [6, 6.07) is -0.566. The van der Waals surface area contributed by atoms with Crippen LogP contribution in [0.3, 0.4) is 0 Å². The van der Waals surface area contributed by atoms with Crippen molar-refractivity contribution in [2.75, 3.05) is 7.11 Å². The molecular weight excluding hydrogens is 438 g/mol. The number of hydrogen-bond acceptors (Lipinski definition) is 4. The smallest absolute Gasteiger partial charge is 0.328 e. The first-order valence-corrected chi connectivity index (χ1v) is 14.6. The van der Waals surface area contributed by atoms with Crippen molar-refractivity contribution in [3.63, 3.8) is 0 Å². The van der Waals surface area contributed by atoms with Crippen molar-refractivity contribution in [3.8, 4) is 0 Å². The molecule has 10 atom stereocenters. The fraction of sp³-hybridized carbons (Fsp3) is 0.933. The summed E-state index contributed by atoms with van der Waals surface area (Å²) in [4.78, 5) is 24.7. The molecule has 35 heavy (non-hydrogen) atoms. The first-order chi connectivity index (χ1) is 16.5. The van der Waals surface area contributed by atoms with E-state index < -0.39 is 6.04 Å². The van der Waals surface area contributed by atoms with Gasteiger partial charge in [0.2, 0.25) is 5.91 Å². The highest BCUT2D eigenvalue weighted by Crippen LogP contribution is 2.68. The molecule has 0 heterocycles. The zero-order valence-electron chi connectivity index (χ0n) is 23.1. The fourth-order valence-corrected chi connectivity index (χ4v) is 9.64. The number of amides is 1. The third kappa shape index (κ3) is 4.92. The van der Waals surface area contributed by atoms with Gasteiger partial charge in [-0.3, -0.25) is 4.79 Å². The van der Waals surface area contributed by atoms with E-state index in [2.05, 4.69) is 26.1 Å². The van der Waals surface area contributed by atoms with Gasteiger partial charge in [-0.25, -0.2) is 4.79 Å². The van der Waals surface area contributed by atoms with Crippen molar-refractivity contribution in [1.29, 1.82) is 0 Å². The average Bonchev–Trinajstić information content (AvgIpc) is 3.18. The van der Waals surface area contributed by atoms with Gasteiger partial charge in [0.15, 0.2) is 0 Å². The highest BCUT2D eigenvalue weighted by molar-refractivity contribution is 5.84. The second-order valence-corrected chi connectivity index (χ2v) is 13.6. The van der Waals surface area contributed by atoms with Crippen molar-refractivity contribution >= 4 is 11.9 Å². The van der Waals surface area contributed by atoms with E-state index in [4.69, 9.17) is 4.74 Å². The number of hydrogen-bond donors (Lipinski definition) is 2. The largest absolute Gasteiger partial charge is 0.467 e. The molecule has 4 fully saturated rings. The van der Waals surface area contributed by atoms with Crippen molar-refractivity contribution in [2.24, 2.45) is 52.3 Å². The Hall–Kier alpha value is -1.10. The van der Waals surface area contributed by atoms with Gasteiger partial charge in [-0.2, -0.15) is 0 Å². The number of methoxy groups -OCH3 is 1. The Morgan fingerprint density at radius 1 is 0.971 bits per heavy atom. The number of aliphatic hydroxyl groups excluding tert-OH is 1. The van der Waals surface area contributed by atoms with Crippen LogP contribution in [0.5, 0.6) is 0 Å². The Kier molecular flexibility index (Phi) is 7.96. The van der Waals surface area contributed by atoms with E-state index in [1.165, 1.54) is 52.1 Å². The predicted molar refractivity (Wildman–Crippen MR) is 138 cm³/mol. The molecule has 0 aromatic rings. The van der Waals surface area contributed by atoms with Crippen LogP contribution in [0.25, 0.3) is 0 Å². The number of esters is 1. The Morgan fingerprint density at radius 3 is 2.34 bits per heavy atom. The SMILES string of the molecule is COC(=O)[C@@H](NC(=O)CC[C@@H](C)[C@H]1CC[C@H]2[C@@H]3CC[C@@H]4C[C@H](O)CC[C@]4(C)[C@H]3CC[C@]12C)C(C)C. The Balaban J connectivity index is 1.37. The lowest BCUT2D eigenvalue weighted by Gasteiger charge is -2.61. The molecule has 4 rings (SSSR count). The molecule has 5 heteroatoms. The van der Waals surface area contributed by atoms with Crippen molar-refractivity contribution < 1.29 is 19.4 Å². The standard InChI is InChI=1S/C30H51NO4/c1-18(2)27(28(34)35-6)31-26(33)12-7-19(3)23-10-11-24-22-9-8-20-17-21(32)13-15-29(20,4)25(22)14-16-30(23,24)5/h18-25,27,32H,7-17H2,1-6H3,(H,31,33)/t19-,20-,21-,22+,23-,24+,25+,27+,29+,30-/m1/s1. The molecule has 1 amide bonds. The minimum atomic E-state index is -0.566. The maximum Gasteiger partial charge on any atom is 0.328 e. The molecule has 4 aliphatic carbocycles. The van der Waals surface area contributed by atoms with Gasteiger partial charge in [-0.15, -0.1) is 0 Å². The van der Waals surface area contributed by atoms with Crippen LogP contribution in [-0.4, -0.2) is 36.2 Å². The Bertz CT molecular complexity index is 782. The summed E-state index contributed by atoms with van der Waals surface area (Å²) in [5.41, 5.74) is 0.818. The molecule has 5 nitrogen and oxygen atoms in total. The summed E-state index contributed by atoms with van der Waals surface area (Å²) in [5.74, 6) is 4.02. The Morgan fingerprint density at radius 2 is 1.66 bits per heavy atom. The second-order valence-electron chi connectivity index (χ2n) is 13.6. The Labute approximate surface area is 213 Å². The first-order valence-electron chi connectivity index (χ1n) is 14.6. The van der Waals surface area contributed by atoms with Gasteiger partial charge in [-0.1, -0.05) is 34.6 Å². The van der Waals surface area contributed by atoms with Gasteiger partial charge in [0.1, 0.15) is 6.04 Å². The molecule has 0 radical (unpaired) electrons. The molecule has 0 spiro atoms. The summed E-state index contributed by atoms with van der Waals surface area (Å²) in [6.07, 6.45) is 12.5. The van der Waals surface area contributed by atoms with E-state index in [9.17, 15) is 14.7 Å². The molecule has 0 saturated heterocycles. The summed E-state index contributed by atoms with van der Waals surface area (Å²) >= 11 is 0. The van der Waals surface area contributed by atoms with Gasteiger partial charge < -0.3 is 15.2 Å². The molecule has 0 bridgehead atoms. The summed E-state index contributed by atoms with van der Waals surface area (Å²) in [7, 11) is 1.38. The summed E-state index contributed by atoms with van der Waals surface area (Å²) < 4.78 is 4.88. The lowest BCUT2D eigenvalue weighted by molar-refractivity contribution is -0.146. The summed E-state index contributed by atoms with van der Waals surface area (Å²) in [5, 5.41) is 13.2. The van der Waals surface area contributed by atoms with E-state index in [0.29, 0.717) is 35.0 Å². The van der Waals surface area contributed by atoms with E-state index in [1.807, 2.05) is 13.8 Å². The molecular formula is C30H51NO4. The highest BCUT2D eigenvalue weighted by Gasteiger charge is 2.60.